The zero-order valence-corrected chi connectivity index (χ0v) is 11.3. The van der Waals surface area contributed by atoms with Gasteiger partial charge in [-0.05, 0) is 36.0 Å². The molecule has 1 saturated carbocycles. The Balaban J connectivity index is 1.90. The van der Waals surface area contributed by atoms with E-state index < -0.39 is 0 Å². The summed E-state index contributed by atoms with van der Waals surface area (Å²) in [5, 5.41) is 5.41. The highest BCUT2D eigenvalue weighted by Crippen LogP contribution is 2.50. The second-order valence-electron chi connectivity index (χ2n) is 5.36. The van der Waals surface area contributed by atoms with Crippen molar-refractivity contribution in [3.05, 3.63) is 23.8 Å². The molecule has 0 bridgehead atoms. The maximum atomic E-state index is 11.5. The fourth-order valence-corrected chi connectivity index (χ4v) is 2.97. The third-order valence-electron chi connectivity index (χ3n) is 3.78. The van der Waals surface area contributed by atoms with Gasteiger partial charge in [0, 0.05) is 0 Å². The van der Waals surface area contributed by atoms with Gasteiger partial charge in [-0.2, -0.15) is 0 Å². The Labute approximate surface area is 116 Å². The monoisotopic (exact) mass is 278 g/mol. The van der Waals surface area contributed by atoms with Crippen molar-refractivity contribution in [3.8, 4) is 0 Å². The van der Waals surface area contributed by atoms with Gasteiger partial charge in [-0.15, -0.1) is 11.6 Å². The largest absolute Gasteiger partial charge is 0.324 e. The molecule has 0 spiro atoms. The molecule has 0 aromatic heterocycles. The molecule has 1 heterocycles. The van der Waals surface area contributed by atoms with Crippen molar-refractivity contribution in [1.82, 2.24) is 0 Å². The molecule has 1 aromatic carbocycles. The predicted octanol–water partition coefficient (Wildman–Crippen LogP) is 2.90. The van der Waals surface area contributed by atoms with Crippen molar-refractivity contribution in [2.24, 2.45) is 11.8 Å². The normalized spacial score (nSPS) is 26.8. The van der Waals surface area contributed by atoms with Gasteiger partial charge in [0.05, 0.1) is 16.8 Å². The number of alkyl halides is 1. The van der Waals surface area contributed by atoms with E-state index in [9.17, 15) is 9.59 Å². The molecule has 1 aliphatic carbocycles. The van der Waals surface area contributed by atoms with E-state index in [0.29, 0.717) is 23.2 Å². The van der Waals surface area contributed by atoms with E-state index in [1.807, 2.05) is 12.1 Å². The predicted molar refractivity (Wildman–Crippen MR) is 74.2 cm³/mol. The van der Waals surface area contributed by atoms with Gasteiger partial charge in [-0.1, -0.05) is 13.0 Å². The minimum atomic E-state index is -0.292. The first kappa shape index (κ1) is 12.5. The van der Waals surface area contributed by atoms with Crippen molar-refractivity contribution in [2.45, 2.75) is 25.1 Å². The van der Waals surface area contributed by atoms with Crippen molar-refractivity contribution in [2.75, 3.05) is 10.6 Å². The second kappa shape index (κ2) is 4.53. The number of nitrogens with one attached hydrogen (secondary N) is 2. The number of hydrogen-bond acceptors (Lipinski definition) is 2. The van der Waals surface area contributed by atoms with Crippen LogP contribution in [0.2, 0.25) is 0 Å². The number of carbonyl (C=O) groups is 2. The lowest BCUT2D eigenvalue weighted by atomic mass is 10.1. The Hall–Kier alpha value is -1.55. The van der Waals surface area contributed by atoms with E-state index in [4.69, 9.17) is 11.6 Å². The van der Waals surface area contributed by atoms with Gasteiger partial charge < -0.3 is 10.6 Å². The summed E-state index contributed by atoms with van der Waals surface area (Å²) in [6, 6.07) is 5.58. The summed E-state index contributed by atoms with van der Waals surface area (Å²) in [6.07, 6.45) is 1.00. The lowest BCUT2D eigenvalue weighted by molar-refractivity contribution is -0.123. The molecule has 3 unspecified atom stereocenters. The van der Waals surface area contributed by atoms with Crippen LogP contribution in [0.5, 0.6) is 0 Å². The number of amides is 2. The molecule has 0 saturated heterocycles. The van der Waals surface area contributed by atoms with Crippen LogP contribution in [0.1, 0.15) is 30.7 Å². The van der Waals surface area contributed by atoms with E-state index in [-0.39, 0.29) is 23.6 Å². The maximum absolute atomic E-state index is 11.5. The maximum Gasteiger partial charge on any atom is 0.233 e. The summed E-state index contributed by atoms with van der Waals surface area (Å²) >= 11 is 6.45. The number of halogens is 1. The first-order valence-corrected chi connectivity index (χ1v) is 6.86. The fraction of sp³-hybridized carbons (Fsp3) is 0.429. The Kier molecular flexibility index (Phi) is 2.97. The fourth-order valence-electron chi connectivity index (χ4n) is 2.49. The summed E-state index contributed by atoms with van der Waals surface area (Å²) in [4.78, 5) is 23.0. The molecule has 2 N–H and O–H groups in total. The van der Waals surface area contributed by atoms with E-state index in [1.54, 1.807) is 6.07 Å². The molecule has 0 radical (unpaired) electrons. The van der Waals surface area contributed by atoms with Gasteiger partial charge in [0.15, 0.2) is 0 Å². The van der Waals surface area contributed by atoms with Crippen molar-refractivity contribution in [1.29, 1.82) is 0 Å². The van der Waals surface area contributed by atoms with Crippen molar-refractivity contribution >= 4 is 34.8 Å². The molecule has 1 fully saturated rings. The molecule has 19 heavy (non-hydrogen) atoms. The standard InChI is InChI=1S/C14H15ClN2O2/c1-7-4-9(7)14(15)8-2-3-10-11(5-8)17-13(19)6-12(18)16-10/h2-3,5,7,9,14H,4,6H2,1H3,(H,16,18)(H,17,19). The molecule has 2 aliphatic rings. The second-order valence-corrected chi connectivity index (χ2v) is 5.83. The van der Waals surface area contributed by atoms with Crippen LogP contribution in [0.25, 0.3) is 0 Å². The van der Waals surface area contributed by atoms with E-state index in [0.717, 1.165) is 12.0 Å². The highest BCUT2D eigenvalue weighted by Gasteiger charge is 2.39. The van der Waals surface area contributed by atoms with Gasteiger partial charge in [0.2, 0.25) is 11.8 Å². The number of hydrogen-bond donors (Lipinski definition) is 2. The summed E-state index contributed by atoms with van der Waals surface area (Å²) in [6.45, 7) is 2.19. The summed E-state index contributed by atoms with van der Waals surface area (Å²) < 4.78 is 0. The van der Waals surface area contributed by atoms with Crippen LogP contribution in [0.4, 0.5) is 11.4 Å². The average molecular weight is 279 g/mol. The minimum absolute atomic E-state index is 0.0313. The molecular formula is C14H15ClN2O2. The minimum Gasteiger partial charge on any atom is -0.324 e. The zero-order chi connectivity index (χ0) is 13.6. The third kappa shape index (κ3) is 2.45. The topological polar surface area (TPSA) is 58.2 Å². The van der Waals surface area contributed by atoms with Crippen LogP contribution in [0.3, 0.4) is 0 Å². The molecule has 1 aromatic rings. The Bertz CT molecular complexity index is 558. The average Bonchev–Trinajstić information content (AvgIpc) is 3.08. The van der Waals surface area contributed by atoms with Crippen LogP contribution in [-0.4, -0.2) is 11.8 Å². The molecule has 4 nitrogen and oxygen atoms in total. The van der Waals surface area contributed by atoms with Gasteiger partial charge in [0.1, 0.15) is 6.42 Å². The Morgan fingerprint density at radius 2 is 1.84 bits per heavy atom. The van der Waals surface area contributed by atoms with Gasteiger partial charge in [0.25, 0.3) is 0 Å². The smallest absolute Gasteiger partial charge is 0.233 e. The number of anilines is 2. The number of carbonyl (C=O) groups excluding carboxylic acids is 2. The SMILES string of the molecule is CC1CC1C(Cl)c1ccc2c(c1)NC(=O)CC(=O)N2. The molecule has 1 aliphatic heterocycles. The van der Waals surface area contributed by atoms with Crippen LogP contribution in [0, 0.1) is 11.8 Å². The summed E-state index contributed by atoms with van der Waals surface area (Å²) in [7, 11) is 0. The molecule has 3 rings (SSSR count). The van der Waals surface area contributed by atoms with Crippen LogP contribution in [-0.2, 0) is 9.59 Å². The quantitative estimate of drug-likeness (QED) is 0.645. The van der Waals surface area contributed by atoms with Gasteiger partial charge in [-0.25, -0.2) is 0 Å². The lowest BCUT2D eigenvalue weighted by Crippen LogP contribution is -2.16. The first-order valence-electron chi connectivity index (χ1n) is 6.42. The summed E-state index contributed by atoms with van der Waals surface area (Å²) in [5.41, 5.74) is 2.26. The summed E-state index contributed by atoms with van der Waals surface area (Å²) in [5.74, 6) is 0.591. The van der Waals surface area contributed by atoms with Crippen LogP contribution in [0.15, 0.2) is 18.2 Å². The number of benzene rings is 1. The number of fused-ring (bicyclic) bond motifs is 1. The van der Waals surface area contributed by atoms with Gasteiger partial charge >= 0.3 is 0 Å². The molecule has 2 amide bonds. The van der Waals surface area contributed by atoms with Crippen molar-refractivity contribution in [3.63, 3.8) is 0 Å². The van der Waals surface area contributed by atoms with E-state index in [2.05, 4.69) is 17.6 Å². The van der Waals surface area contributed by atoms with Gasteiger partial charge in [-0.3, -0.25) is 9.59 Å². The van der Waals surface area contributed by atoms with Crippen LogP contribution < -0.4 is 10.6 Å². The third-order valence-corrected chi connectivity index (χ3v) is 4.35. The van der Waals surface area contributed by atoms with E-state index in [1.165, 1.54) is 0 Å². The highest BCUT2D eigenvalue weighted by atomic mass is 35.5. The highest BCUT2D eigenvalue weighted by molar-refractivity contribution is 6.21. The molecular weight excluding hydrogens is 264 g/mol. The van der Waals surface area contributed by atoms with Crippen LogP contribution >= 0.6 is 11.6 Å². The number of rotatable bonds is 2. The molecule has 3 atom stereocenters. The first-order chi connectivity index (χ1) is 9.04. The Morgan fingerprint density at radius 1 is 1.21 bits per heavy atom. The van der Waals surface area contributed by atoms with Crippen molar-refractivity contribution < 1.29 is 9.59 Å². The van der Waals surface area contributed by atoms with E-state index >= 15 is 0 Å². The lowest BCUT2D eigenvalue weighted by Gasteiger charge is -2.13. The Morgan fingerprint density at radius 3 is 2.47 bits per heavy atom. The molecule has 100 valence electrons. The zero-order valence-electron chi connectivity index (χ0n) is 10.6. The molecule has 5 heteroatoms.